The molecule has 2 unspecified atom stereocenters. The lowest BCUT2D eigenvalue weighted by Crippen LogP contribution is -2.48. The summed E-state index contributed by atoms with van der Waals surface area (Å²) in [6, 6.07) is 2.09. The van der Waals surface area contributed by atoms with Gasteiger partial charge in [0, 0.05) is 19.6 Å². The Bertz CT molecular complexity index is 386. The Kier molecular flexibility index (Phi) is 4.38. The Labute approximate surface area is 108 Å². The molecule has 1 aliphatic rings. The molecule has 2 heterocycles. The van der Waals surface area contributed by atoms with E-state index in [1.54, 1.807) is 0 Å². The molecule has 18 heavy (non-hydrogen) atoms. The molecule has 100 valence electrons. The van der Waals surface area contributed by atoms with E-state index in [9.17, 15) is 5.11 Å². The molecular formula is C13H21N3O2. The maximum Gasteiger partial charge on any atom is 0.0984 e. The molecule has 5 nitrogen and oxygen atoms in total. The number of rotatable bonds is 4. The van der Waals surface area contributed by atoms with Gasteiger partial charge in [0.25, 0.3) is 0 Å². The zero-order chi connectivity index (χ0) is 13.0. The van der Waals surface area contributed by atoms with Crippen molar-refractivity contribution in [3.05, 3.63) is 18.5 Å². The van der Waals surface area contributed by atoms with Crippen LogP contribution < -0.4 is 10.2 Å². The maximum absolute atomic E-state index is 9.23. The second-order valence-electron chi connectivity index (χ2n) is 4.62. The first-order valence-corrected chi connectivity index (χ1v) is 6.43. The number of morpholine rings is 1. The normalized spacial score (nSPS) is 24.1. The Balaban J connectivity index is 2.11. The zero-order valence-electron chi connectivity index (χ0n) is 11.0. The van der Waals surface area contributed by atoms with Crippen LogP contribution in [-0.2, 0) is 4.74 Å². The van der Waals surface area contributed by atoms with Crippen LogP contribution in [0.1, 0.15) is 13.8 Å². The predicted molar refractivity (Wildman–Crippen MR) is 72.0 cm³/mol. The van der Waals surface area contributed by atoms with Crippen LogP contribution in [0.5, 0.6) is 0 Å². The summed E-state index contributed by atoms with van der Waals surface area (Å²) < 4.78 is 5.64. The highest BCUT2D eigenvalue weighted by molar-refractivity contribution is 5.55. The highest BCUT2D eigenvalue weighted by Gasteiger charge is 2.25. The number of ether oxygens (including phenoxy) is 1. The van der Waals surface area contributed by atoms with Gasteiger partial charge in [-0.1, -0.05) is 0 Å². The molecule has 0 aliphatic carbocycles. The maximum atomic E-state index is 9.23. The molecule has 0 saturated carbocycles. The first kappa shape index (κ1) is 13.1. The highest BCUT2D eigenvalue weighted by atomic mass is 16.5. The second kappa shape index (κ2) is 6.02. The van der Waals surface area contributed by atoms with Gasteiger partial charge < -0.3 is 20.1 Å². The highest BCUT2D eigenvalue weighted by Crippen LogP contribution is 2.22. The van der Waals surface area contributed by atoms with E-state index in [1.807, 2.05) is 19.3 Å². The molecule has 5 heteroatoms. The van der Waals surface area contributed by atoms with Crippen molar-refractivity contribution >= 4 is 11.4 Å². The van der Waals surface area contributed by atoms with E-state index >= 15 is 0 Å². The number of nitrogens with zero attached hydrogens (tertiary/aromatic N) is 2. The summed E-state index contributed by atoms with van der Waals surface area (Å²) in [4.78, 5) is 6.46. The monoisotopic (exact) mass is 251 g/mol. The van der Waals surface area contributed by atoms with E-state index in [1.165, 1.54) is 0 Å². The van der Waals surface area contributed by atoms with Crippen LogP contribution in [0.25, 0.3) is 0 Å². The number of hydrogen-bond acceptors (Lipinski definition) is 5. The fourth-order valence-electron chi connectivity index (χ4n) is 2.26. The van der Waals surface area contributed by atoms with Gasteiger partial charge in [-0.15, -0.1) is 0 Å². The van der Waals surface area contributed by atoms with Gasteiger partial charge in [0.2, 0.25) is 0 Å². The number of aliphatic hydroxyl groups is 1. The minimum atomic E-state index is -0.114. The van der Waals surface area contributed by atoms with Crippen LogP contribution in [0.3, 0.4) is 0 Å². The molecule has 2 atom stereocenters. The van der Waals surface area contributed by atoms with Gasteiger partial charge in [-0.05, 0) is 19.9 Å². The number of nitrogens with one attached hydrogen (secondary N) is 1. The minimum Gasteiger partial charge on any atom is -0.394 e. The van der Waals surface area contributed by atoms with E-state index in [0.29, 0.717) is 6.54 Å². The van der Waals surface area contributed by atoms with Gasteiger partial charge in [0.05, 0.1) is 42.6 Å². The molecule has 0 aromatic carbocycles. The molecule has 2 N–H and O–H groups in total. The van der Waals surface area contributed by atoms with Gasteiger partial charge in [0.15, 0.2) is 0 Å². The van der Waals surface area contributed by atoms with Crippen LogP contribution in [0.4, 0.5) is 11.4 Å². The van der Waals surface area contributed by atoms with Crippen molar-refractivity contribution < 1.29 is 9.84 Å². The molecule has 1 aromatic rings. The summed E-state index contributed by atoms with van der Waals surface area (Å²) in [6.07, 6.45) is 3.68. The van der Waals surface area contributed by atoms with Crippen LogP contribution in [0, 0.1) is 0 Å². The van der Waals surface area contributed by atoms with E-state index in [2.05, 4.69) is 28.2 Å². The SMILES string of the molecule is CCNc1cncc(N2CC(C)OC(CO)C2)c1. The molecule has 2 rings (SSSR count). The summed E-state index contributed by atoms with van der Waals surface area (Å²) in [7, 11) is 0. The van der Waals surface area contributed by atoms with Crippen molar-refractivity contribution in [1.29, 1.82) is 0 Å². The van der Waals surface area contributed by atoms with Gasteiger partial charge in [-0.25, -0.2) is 0 Å². The minimum absolute atomic E-state index is 0.0567. The summed E-state index contributed by atoms with van der Waals surface area (Å²) in [6.45, 7) is 6.55. The lowest BCUT2D eigenvalue weighted by molar-refractivity contribution is -0.0421. The second-order valence-corrected chi connectivity index (χ2v) is 4.62. The van der Waals surface area contributed by atoms with Gasteiger partial charge in [-0.3, -0.25) is 4.98 Å². The summed E-state index contributed by atoms with van der Waals surface area (Å²) in [5.41, 5.74) is 2.09. The Morgan fingerprint density at radius 2 is 2.33 bits per heavy atom. The summed E-state index contributed by atoms with van der Waals surface area (Å²) >= 11 is 0. The van der Waals surface area contributed by atoms with Crippen molar-refractivity contribution in [3.63, 3.8) is 0 Å². The van der Waals surface area contributed by atoms with Crippen LogP contribution in [0.2, 0.25) is 0 Å². The van der Waals surface area contributed by atoms with Crippen LogP contribution in [-0.4, -0.2) is 48.5 Å². The lowest BCUT2D eigenvalue weighted by Gasteiger charge is -2.37. The van der Waals surface area contributed by atoms with Crippen molar-refractivity contribution in [2.45, 2.75) is 26.1 Å². The van der Waals surface area contributed by atoms with Crippen molar-refractivity contribution in [3.8, 4) is 0 Å². The summed E-state index contributed by atoms with van der Waals surface area (Å²) in [5, 5.41) is 12.5. The summed E-state index contributed by atoms with van der Waals surface area (Å²) in [5.74, 6) is 0. The number of aromatic nitrogens is 1. The average Bonchev–Trinajstić information content (AvgIpc) is 2.39. The number of pyridine rings is 1. The van der Waals surface area contributed by atoms with Crippen molar-refractivity contribution in [1.82, 2.24) is 4.98 Å². The molecule has 1 aromatic heterocycles. The first-order chi connectivity index (χ1) is 8.72. The predicted octanol–water partition coefficient (Wildman–Crippen LogP) is 1.10. The topological polar surface area (TPSA) is 57.6 Å². The number of aliphatic hydroxyl groups excluding tert-OH is 1. The third kappa shape index (κ3) is 3.11. The van der Waals surface area contributed by atoms with Crippen LogP contribution >= 0.6 is 0 Å². The third-order valence-electron chi connectivity index (χ3n) is 3.00. The fourth-order valence-corrected chi connectivity index (χ4v) is 2.26. The van der Waals surface area contributed by atoms with E-state index in [4.69, 9.17) is 4.74 Å². The van der Waals surface area contributed by atoms with Gasteiger partial charge in [0.1, 0.15) is 0 Å². The molecule has 0 spiro atoms. The smallest absolute Gasteiger partial charge is 0.0984 e. The Morgan fingerprint density at radius 1 is 1.50 bits per heavy atom. The standard InChI is InChI=1S/C13H21N3O2/c1-3-15-11-4-12(6-14-5-11)16-7-10(2)18-13(8-16)9-17/h4-6,10,13,15,17H,3,7-9H2,1-2H3. The lowest BCUT2D eigenvalue weighted by atomic mass is 10.2. The first-order valence-electron chi connectivity index (χ1n) is 6.43. The van der Waals surface area contributed by atoms with Crippen molar-refractivity contribution in [2.75, 3.05) is 36.5 Å². The largest absolute Gasteiger partial charge is 0.394 e. The van der Waals surface area contributed by atoms with E-state index < -0.39 is 0 Å². The Hall–Kier alpha value is -1.33. The molecule has 0 radical (unpaired) electrons. The van der Waals surface area contributed by atoms with E-state index in [0.717, 1.165) is 24.5 Å². The quantitative estimate of drug-likeness (QED) is 0.839. The van der Waals surface area contributed by atoms with Crippen LogP contribution in [0.15, 0.2) is 18.5 Å². The third-order valence-corrected chi connectivity index (χ3v) is 3.00. The molecule has 1 saturated heterocycles. The van der Waals surface area contributed by atoms with Gasteiger partial charge >= 0.3 is 0 Å². The number of hydrogen-bond donors (Lipinski definition) is 2. The van der Waals surface area contributed by atoms with Gasteiger partial charge in [-0.2, -0.15) is 0 Å². The fraction of sp³-hybridized carbons (Fsp3) is 0.615. The Morgan fingerprint density at radius 3 is 3.06 bits per heavy atom. The molecule has 1 aliphatic heterocycles. The van der Waals surface area contributed by atoms with Crippen molar-refractivity contribution in [2.24, 2.45) is 0 Å². The molecule has 0 bridgehead atoms. The molecule has 1 fully saturated rings. The zero-order valence-corrected chi connectivity index (χ0v) is 11.0. The van der Waals surface area contributed by atoms with E-state index in [-0.39, 0.29) is 18.8 Å². The molecule has 0 amide bonds. The molecular weight excluding hydrogens is 230 g/mol. The number of anilines is 2. The average molecular weight is 251 g/mol.